The first-order valence-corrected chi connectivity index (χ1v) is 7.57. The second-order valence-corrected chi connectivity index (χ2v) is 5.16. The summed E-state index contributed by atoms with van der Waals surface area (Å²) >= 11 is 0. The number of hydrogen-bond donors (Lipinski definition) is 1. The summed E-state index contributed by atoms with van der Waals surface area (Å²) in [6.45, 7) is 4.73. The molecule has 1 aromatic carbocycles. The number of fused-ring (bicyclic) bond motifs is 1. The summed E-state index contributed by atoms with van der Waals surface area (Å²) in [6, 6.07) is 3.76. The van der Waals surface area contributed by atoms with Crippen molar-refractivity contribution in [3.8, 4) is 11.5 Å². The molecule has 1 heterocycles. The average molecular weight is 279 g/mol. The molecule has 0 saturated heterocycles. The lowest BCUT2D eigenvalue weighted by atomic mass is 10.1. The highest BCUT2D eigenvalue weighted by Crippen LogP contribution is 2.34. The maximum Gasteiger partial charge on any atom is 0.163 e. The van der Waals surface area contributed by atoms with Crippen molar-refractivity contribution >= 4 is 5.69 Å². The number of benzene rings is 1. The van der Waals surface area contributed by atoms with Gasteiger partial charge in [0.1, 0.15) is 13.2 Å². The van der Waals surface area contributed by atoms with E-state index in [1.807, 2.05) is 12.1 Å². The summed E-state index contributed by atoms with van der Waals surface area (Å²) < 4.78 is 16.7. The van der Waals surface area contributed by atoms with Crippen molar-refractivity contribution in [1.82, 2.24) is 0 Å². The van der Waals surface area contributed by atoms with Crippen LogP contribution >= 0.6 is 0 Å². The number of rotatable bonds is 8. The molecule has 0 amide bonds. The van der Waals surface area contributed by atoms with Crippen molar-refractivity contribution in [2.24, 2.45) is 0 Å². The van der Waals surface area contributed by atoms with Crippen molar-refractivity contribution < 1.29 is 14.2 Å². The molecule has 112 valence electrons. The van der Waals surface area contributed by atoms with Crippen LogP contribution in [0.2, 0.25) is 0 Å². The monoisotopic (exact) mass is 279 g/mol. The van der Waals surface area contributed by atoms with Gasteiger partial charge >= 0.3 is 0 Å². The third kappa shape index (κ3) is 4.30. The fourth-order valence-electron chi connectivity index (χ4n) is 2.26. The topological polar surface area (TPSA) is 53.7 Å². The molecule has 1 aliphatic rings. The van der Waals surface area contributed by atoms with E-state index in [1.165, 1.54) is 25.7 Å². The van der Waals surface area contributed by atoms with Crippen molar-refractivity contribution in [3.63, 3.8) is 0 Å². The van der Waals surface area contributed by atoms with E-state index in [9.17, 15) is 0 Å². The first-order valence-electron chi connectivity index (χ1n) is 7.57. The number of ether oxygens (including phenoxy) is 3. The molecule has 1 aromatic rings. The van der Waals surface area contributed by atoms with Gasteiger partial charge in [-0.05, 0) is 12.5 Å². The molecule has 2 rings (SSSR count). The largest absolute Gasteiger partial charge is 0.486 e. The van der Waals surface area contributed by atoms with E-state index in [-0.39, 0.29) is 0 Å². The third-order valence-electron chi connectivity index (χ3n) is 3.45. The van der Waals surface area contributed by atoms with E-state index < -0.39 is 0 Å². The molecule has 0 bridgehead atoms. The van der Waals surface area contributed by atoms with Crippen molar-refractivity contribution in [1.29, 1.82) is 0 Å². The van der Waals surface area contributed by atoms with Crippen LogP contribution in [0.1, 0.15) is 44.6 Å². The van der Waals surface area contributed by atoms with Crippen molar-refractivity contribution in [2.75, 3.05) is 25.6 Å². The molecule has 0 saturated carbocycles. The van der Waals surface area contributed by atoms with Crippen LogP contribution in [0, 0.1) is 0 Å². The number of anilines is 1. The fourth-order valence-corrected chi connectivity index (χ4v) is 2.26. The zero-order valence-corrected chi connectivity index (χ0v) is 12.3. The second kappa shape index (κ2) is 8.00. The Morgan fingerprint density at radius 1 is 1.05 bits per heavy atom. The van der Waals surface area contributed by atoms with Gasteiger partial charge in [0.15, 0.2) is 11.5 Å². The Morgan fingerprint density at radius 2 is 1.75 bits per heavy atom. The highest BCUT2D eigenvalue weighted by atomic mass is 16.6. The van der Waals surface area contributed by atoms with Crippen LogP contribution in [0.5, 0.6) is 11.5 Å². The molecule has 0 spiro atoms. The van der Waals surface area contributed by atoms with Crippen LogP contribution in [-0.4, -0.2) is 19.8 Å². The van der Waals surface area contributed by atoms with E-state index in [4.69, 9.17) is 19.9 Å². The summed E-state index contributed by atoms with van der Waals surface area (Å²) in [5.74, 6) is 1.50. The average Bonchev–Trinajstić information content (AvgIpc) is 2.46. The van der Waals surface area contributed by atoms with Crippen molar-refractivity contribution in [2.45, 2.75) is 45.6 Å². The van der Waals surface area contributed by atoms with E-state index >= 15 is 0 Å². The predicted molar refractivity (Wildman–Crippen MR) is 80.3 cm³/mol. The number of unbranched alkanes of at least 4 members (excludes halogenated alkanes) is 4. The number of nitrogen functional groups attached to an aromatic ring is 1. The summed E-state index contributed by atoms with van der Waals surface area (Å²) in [5.41, 5.74) is 7.69. The van der Waals surface area contributed by atoms with Gasteiger partial charge in [-0.2, -0.15) is 0 Å². The molecule has 4 heteroatoms. The van der Waals surface area contributed by atoms with Crippen LogP contribution in [0.3, 0.4) is 0 Å². The minimum absolute atomic E-state index is 0.538. The van der Waals surface area contributed by atoms with Gasteiger partial charge < -0.3 is 19.9 Å². The lowest BCUT2D eigenvalue weighted by molar-refractivity contribution is 0.116. The number of nitrogens with two attached hydrogens (primary N) is 1. The van der Waals surface area contributed by atoms with E-state index in [1.54, 1.807) is 0 Å². The molecule has 0 radical (unpaired) electrons. The predicted octanol–water partition coefficient (Wildman–Crippen LogP) is 3.53. The van der Waals surface area contributed by atoms with Gasteiger partial charge in [-0.25, -0.2) is 0 Å². The smallest absolute Gasteiger partial charge is 0.163 e. The Kier molecular flexibility index (Phi) is 5.99. The SMILES string of the molecule is CCCCCCCOCc1cc2c(cc1N)OCCO2. The standard InChI is InChI=1S/C16H25NO3/c1-2-3-4-5-6-7-18-12-13-10-15-16(11-14(13)17)20-9-8-19-15/h10-11H,2-9,12,17H2,1H3. The maximum atomic E-state index is 6.01. The molecule has 4 nitrogen and oxygen atoms in total. The molecule has 1 aliphatic heterocycles. The van der Waals surface area contributed by atoms with Crippen LogP contribution in [0.15, 0.2) is 12.1 Å². The lowest BCUT2D eigenvalue weighted by Crippen LogP contribution is -2.16. The lowest BCUT2D eigenvalue weighted by Gasteiger charge is -2.20. The zero-order valence-electron chi connectivity index (χ0n) is 12.3. The molecular formula is C16H25NO3. The van der Waals surface area contributed by atoms with Crippen LogP contribution in [0.25, 0.3) is 0 Å². The Balaban J connectivity index is 1.75. The van der Waals surface area contributed by atoms with Crippen molar-refractivity contribution in [3.05, 3.63) is 17.7 Å². The van der Waals surface area contributed by atoms with Crippen LogP contribution < -0.4 is 15.2 Å². The molecule has 0 atom stereocenters. The first-order chi connectivity index (χ1) is 9.81. The molecule has 20 heavy (non-hydrogen) atoms. The molecule has 0 fully saturated rings. The van der Waals surface area contributed by atoms with E-state index in [0.29, 0.717) is 25.5 Å². The highest BCUT2D eigenvalue weighted by Gasteiger charge is 2.14. The molecule has 0 unspecified atom stereocenters. The van der Waals surface area contributed by atoms with Gasteiger partial charge in [-0.3, -0.25) is 0 Å². The molecule has 0 aromatic heterocycles. The van der Waals surface area contributed by atoms with E-state index in [2.05, 4.69) is 6.92 Å². The Labute approximate surface area is 121 Å². The summed E-state index contributed by atoms with van der Waals surface area (Å²) in [6.07, 6.45) is 6.24. The van der Waals surface area contributed by atoms with Gasteiger partial charge in [0, 0.05) is 23.9 Å². The zero-order chi connectivity index (χ0) is 14.2. The van der Waals surface area contributed by atoms with Crippen LogP contribution in [0.4, 0.5) is 5.69 Å². The minimum atomic E-state index is 0.538. The fraction of sp³-hybridized carbons (Fsp3) is 0.625. The minimum Gasteiger partial charge on any atom is -0.486 e. The molecule has 0 aliphatic carbocycles. The third-order valence-corrected chi connectivity index (χ3v) is 3.45. The maximum absolute atomic E-state index is 6.01. The summed E-state index contributed by atoms with van der Waals surface area (Å²) in [4.78, 5) is 0. The summed E-state index contributed by atoms with van der Waals surface area (Å²) in [5, 5.41) is 0. The Hall–Kier alpha value is -1.42. The number of hydrogen-bond acceptors (Lipinski definition) is 4. The van der Waals surface area contributed by atoms with E-state index in [0.717, 1.165) is 30.1 Å². The normalized spacial score (nSPS) is 13.4. The quantitative estimate of drug-likeness (QED) is 0.584. The summed E-state index contributed by atoms with van der Waals surface area (Å²) in [7, 11) is 0. The molecule has 2 N–H and O–H groups in total. The first kappa shape index (κ1) is 15.0. The van der Waals surface area contributed by atoms with Gasteiger partial charge in [-0.1, -0.05) is 32.6 Å². The van der Waals surface area contributed by atoms with Gasteiger partial charge in [0.25, 0.3) is 0 Å². The van der Waals surface area contributed by atoms with Gasteiger partial charge in [0.05, 0.1) is 6.61 Å². The molecular weight excluding hydrogens is 254 g/mol. The van der Waals surface area contributed by atoms with Crippen LogP contribution in [-0.2, 0) is 11.3 Å². The Bertz CT molecular complexity index is 420. The second-order valence-electron chi connectivity index (χ2n) is 5.16. The Morgan fingerprint density at radius 3 is 2.50 bits per heavy atom. The highest BCUT2D eigenvalue weighted by molar-refractivity contribution is 5.58. The van der Waals surface area contributed by atoms with Gasteiger partial charge in [0.2, 0.25) is 0 Å². The van der Waals surface area contributed by atoms with Gasteiger partial charge in [-0.15, -0.1) is 0 Å².